The monoisotopic (exact) mass is 356 g/mol. The standard InChI is InChI=1S/C18H16N2O4S/c1-24-16-7-5-14(6-8-16)20-18(11-15(21)12-19-20)13-3-9-17(10-4-13)25(2,22)23/h3-12H,1-2H3. The maximum atomic E-state index is 11.8. The molecular weight excluding hydrogens is 340 g/mol. The Morgan fingerprint density at radius 3 is 2.20 bits per heavy atom. The maximum absolute atomic E-state index is 11.8. The van der Waals surface area contributed by atoms with Gasteiger partial charge in [-0.25, -0.2) is 13.1 Å². The summed E-state index contributed by atoms with van der Waals surface area (Å²) < 4.78 is 30.0. The molecule has 6 nitrogen and oxygen atoms in total. The van der Waals surface area contributed by atoms with E-state index in [0.29, 0.717) is 17.0 Å². The zero-order chi connectivity index (χ0) is 18.0. The van der Waals surface area contributed by atoms with Crippen molar-refractivity contribution < 1.29 is 13.2 Å². The molecule has 0 bridgehead atoms. The van der Waals surface area contributed by atoms with E-state index in [2.05, 4.69) is 5.10 Å². The molecule has 25 heavy (non-hydrogen) atoms. The fourth-order valence-corrected chi connectivity index (χ4v) is 3.05. The van der Waals surface area contributed by atoms with Crippen LogP contribution in [0.5, 0.6) is 5.75 Å². The zero-order valence-corrected chi connectivity index (χ0v) is 14.5. The van der Waals surface area contributed by atoms with Gasteiger partial charge in [0.05, 0.1) is 29.6 Å². The first-order valence-corrected chi connectivity index (χ1v) is 9.32. The number of benzene rings is 2. The molecule has 2 aromatic carbocycles. The van der Waals surface area contributed by atoms with Crippen LogP contribution >= 0.6 is 0 Å². The highest BCUT2D eigenvalue weighted by molar-refractivity contribution is 7.90. The van der Waals surface area contributed by atoms with E-state index in [4.69, 9.17) is 4.74 Å². The van der Waals surface area contributed by atoms with E-state index in [9.17, 15) is 13.2 Å². The Morgan fingerprint density at radius 2 is 1.64 bits per heavy atom. The van der Waals surface area contributed by atoms with Gasteiger partial charge < -0.3 is 4.74 Å². The highest BCUT2D eigenvalue weighted by atomic mass is 32.2. The Bertz CT molecular complexity index is 1050. The topological polar surface area (TPSA) is 78.3 Å². The van der Waals surface area contributed by atoms with E-state index in [1.807, 2.05) is 12.1 Å². The van der Waals surface area contributed by atoms with Crippen LogP contribution < -0.4 is 10.2 Å². The second-order valence-corrected chi connectivity index (χ2v) is 7.50. The Hall–Kier alpha value is -2.93. The summed E-state index contributed by atoms with van der Waals surface area (Å²) in [6.07, 6.45) is 2.39. The summed E-state index contributed by atoms with van der Waals surface area (Å²) in [5.41, 5.74) is 1.78. The molecule has 0 radical (unpaired) electrons. The van der Waals surface area contributed by atoms with Crippen LogP contribution in [0.1, 0.15) is 0 Å². The van der Waals surface area contributed by atoms with Crippen molar-refractivity contribution in [1.82, 2.24) is 9.78 Å². The lowest BCUT2D eigenvalue weighted by atomic mass is 10.1. The molecule has 3 aromatic rings. The van der Waals surface area contributed by atoms with Crippen LogP contribution in [-0.4, -0.2) is 31.6 Å². The van der Waals surface area contributed by atoms with Crippen LogP contribution in [0.4, 0.5) is 0 Å². The predicted octanol–water partition coefficient (Wildman–Crippen LogP) is 2.31. The van der Waals surface area contributed by atoms with Crippen molar-refractivity contribution in [1.29, 1.82) is 0 Å². The number of aromatic nitrogens is 2. The smallest absolute Gasteiger partial charge is 0.200 e. The number of sulfone groups is 1. The van der Waals surface area contributed by atoms with Gasteiger partial charge in [0.2, 0.25) is 5.43 Å². The Kier molecular flexibility index (Phi) is 4.41. The molecule has 1 aromatic heterocycles. The highest BCUT2D eigenvalue weighted by Gasteiger charge is 2.11. The van der Waals surface area contributed by atoms with E-state index in [0.717, 1.165) is 11.9 Å². The van der Waals surface area contributed by atoms with Crippen LogP contribution in [-0.2, 0) is 9.84 Å². The van der Waals surface area contributed by atoms with Gasteiger partial charge in [-0.05, 0) is 36.4 Å². The van der Waals surface area contributed by atoms with E-state index in [-0.39, 0.29) is 10.3 Å². The average molecular weight is 356 g/mol. The Balaban J connectivity index is 2.12. The number of hydrogen-bond donors (Lipinski definition) is 0. The molecule has 7 heteroatoms. The summed E-state index contributed by atoms with van der Waals surface area (Å²) in [5, 5.41) is 4.20. The molecular formula is C18H16N2O4S. The third-order valence-corrected chi connectivity index (χ3v) is 4.83. The SMILES string of the molecule is COc1ccc(-n2ncc(=O)cc2-c2ccc(S(C)(=O)=O)cc2)cc1. The van der Waals surface area contributed by atoms with Crippen molar-refractivity contribution >= 4 is 9.84 Å². The van der Waals surface area contributed by atoms with Gasteiger partial charge in [-0.2, -0.15) is 5.10 Å². The van der Waals surface area contributed by atoms with Gasteiger partial charge in [-0.3, -0.25) is 4.79 Å². The van der Waals surface area contributed by atoms with Gasteiger partial charge >= 0.3 is 0 Å². The minimum atomic E-state index is -3.28. The van der Waals surface area contributed by atoms with E-state index >= 15 is 0 Å². The van der Waals surface area contributed by atoms with Gasteiger partial charge in [0.1, 0.15) is 5.75 Å². The summed E-state index contributed by atoms with van der Waals surface area (Å²) in [6.45, 7) is 0. The molecule has 0 spiro atoms. The number of rotatable bonds is 4. The molecule has 0 fully saturated rings. The molecule has 1 heterocycles. The minimum Gasteiger partial charge on any atom is -0.497 e. The minimum absolute atomic E-state index is 0.221. The second kappa shape index (κ2) is 6.52. The first-order chi connectivity index (χ1) is 11.9. The molecule has 0 aliphatic heterocycles. The van der Waals surface area contributed by atoms with Gasteiger partial charge in [0, 0.05) is 17.9 Å². The number of hydrogen-bond acceptors (Lipinski definition) is 5. The first kappa shape index (κ1) is 16.9. The van der Waals surface area contributed by atoms with Crippen molar-refractivity contribution in [2.75, 3.05) is 13.4 Å². The molecule has 128 valence electrons. The molecule has 0 aliphatic rings. The lowest BCUT2D eigenvalue weighted by Crippen LogP contribution is -2.11. The van der Waals surface area contributed by atoms with Crippen molar-refractivity contribution in [3.63, 3.8) is 0 Å². The Morgan fingerprint density at radius 1 is 1.00 bits per heavy atom. The highest BCUT2D eigenvalue weighted by Crippen LogP contribution is 2.23. The normalized spacial score (nSPS) is 11.3. The summed E-state index contributed by atoms with van der Waals surface area (Å²) >= 11 is 0. The van der Waals surface area contributed by atoms with Crippen molar-refractivity contribution in [3.8, 4) is 22.7 Å². The Labute approximate surface area is 145 Å². The summed E-state index contributed by atoms with van der Waals surface area (Å²) in [4.78, 5) is 12.0. The molecule has 0 saturated carbocycles. The number of nitrogens with zero attached hydrogens (tertiary/aromatic N) is 2. The van der Waals surface area contributed by atoms with Gasteiger partial charge in [-0.15, -0.1) is 0 Å². The third-order valence-electron chi connectivity index (χ3n) is 3.70. The number of ether oxygens (including phenoxy) is 1. The molecule has 3 rings (SSSR count). The van der Waals surface area contributed by atoms with Crippen LogP contribution in [0.25, 0.3) is 16.9 Å². The second-order valence-electron chi connectivity index (χ2n) is 5.48. The average Bonchev–Trinajstić information content (AvgIpc) is 2.61. The summed E-state index contributed by atoms with van der Waals surface area (Å²) in [6, 6.07) is 15.1. The fourth-order valence-electron chi connectivity index (χ4n) is 2.42. The number of methoxy groups -OCH3 is 1. The van der Waals surface area contributed by atoms with Crippen molar-refractivity contribution in [2.24, 2.45) is 0 Å². The van der Waals surface area contributed by atoms with Crippen molar-refractivity contribution in [2.45, 2.75) is 4.90 Å². The molecule has 0 amide bonds. The fraction of sp³-hybridized carbons (Fsp3) is 0.111. The van der Waals surface area contributed by atoms with Crippen LogP contribution in [0.2, 0.25) is 0 Å². The predicted molar refractivity (Wildman–Crippen MR) is 94.9 cm³/mol. The van der Waals surface area contributed by atoms with Crippen LogP contribution in [0, 0.1) is 0 Å². The summed E-state index contributed by atoms with van der Waals surface area (Å²) in [5.74, 6) is 0.712. The van der Waals surface area contributed by atoms with Gasteiger partial charge in [-0.1, -0.05) is 12.1 Å². The van der Waals surface area contributed by atoms with Crippen LogP contribution in [0.3, 0.4) is 0 Å². The van der Waals surface area contributed by atoms with Crippen molar-refractivity contribution in [3.05, 3.63) is 71.0 Å². The van der Waals surface area contributed by atoms with E-state index in [1.165, 1.54) is 24.4 Å². The largest absolute Gasteiger partial charge is 0.497 e. The summed E-state index contributed by atoms with van der Waals surface area (Å²) in [7, 11) is -1.69. The molecule has 0 N–H and O–H groups in total. The lowest BCUT2D eigenvalue weighted by Gasteiger charge is -2.13. The van der Waals surface area contributed by atoms with E-state index < -0.39 is 9.84 Å². The molecule has 0 unspecified atom stereocenters. The van der Waals surface area contributed by atoms with Gasteiger partial charge in [0.15, 0.2) is 9.84 Å². The maximum Gasteiger partial charge on any atom is 0.200 e. The quantitative estimate of drug-likeness (QED) is 0.717. The molecule has 0 atom stereocenters. The third kappa shape index (κ3) is 3.61. The van der Waals surface area contributed by atoms with Gasteiger partial charge in [0.25, 0.3) is 0 Å². The zero-order valence-electron chi connectivity index (χ0n) is 13.7. The molecule has 0 aliphatic carbocycles. The first-order valence-electron chi connectivity index (χ1n) is 7.43. The lowest BCUT2D eigenvalue weighted by molar-refractivity contribution is 0.414. The molecule has 0 saturated heterocycles. The van der Waals surface area contributed by atoms with E-state index in [1.54, 1.807) is 36.1 Å². The van der Waals surface area contributed by atoms with Crippen LogP contribution in [0.15, 0.2) is 70.5 Å².